The summed E-state index contributed by atoms with van der Waals surface area (Å²) in [7, 11) is -10.9. The lowest BCUT2D eigenvalue weighted by molar-refractivity contribution is -0.138. The molecular weight excluding hydrogens is 413 g/mol. The van der Waals surface area contributed by atoms with Crippen LogP contribution in [0.3, 0.4) is 0 Å². The summed E-state index contributed by atoms with van der Waals surface area (Å²) < 4.78 is 31.0. The monoisotopic (exact) mass is 444 g/mol. The molecule has 0 aliphatic carbocycles. The summed E-state index contributed by atoms with van der Waals surface area (Å²) in [6, 6.07) is 0.627. The van der Waals surface area contributed by atoms with Crippen molar-refractivity contribution in [2.75, 3.05) is 6.61 Å². The first-order chi connectivity index (χ1) is 12.3. The van der Waals surface area contributed by atoms with Gasteiger partial charge < -0.3 is 21.2 Å². The molecule has 1 fully saturated rings. The minimum atomic E-state index is -2.73. The molecule has 1 heterocycles. The van der Waals surface area contributed by atoms with Crippen molar-refractivity contribution in [2.24, 2.45) is 0 Å². The van der Waals surface area contributed by atoms with Gasteiger partial charge in [-0.05, 0) is 45.6 Å². The van der Waals surface area contributed by atoms with Crippen LogP contribution in [-0.2, 0) is 26.0 Å². The van der Waals surface area contributed by atoms with Gasteiger partial charge in [-0.15, -0.1) is 19.7 Å². The lowest BCUT2D eigenvalue weighted by Gasteiger charge is -2.47. The van der Waals surface area contributed by atoms with Crippen LogP contribution in [0.25, 0.3) is 0 Å². The van der Waals surface area contributed by atoms with Crippen molar-refractivity contribution in [1.29, 1.82) is 0 Å². The van der Waals surface area contributed by atoms with Crippen molar-refractivity contribution >= 4 is 40.2 Å². The summed E-state index contributed by atoms with van der Waals surface area (Å²) in [4.78, 5) is 11.5. The molecular formula is C17H32O6Si4. The standard InChI is InChI=1S/C17H32O6Si4/c1-10-24(6)20-25(7,11-2)22-27(9,23-26(8,12-3)21-24)15-13-14-19-17(18)16(4)5/h10-12H,1-4,13-15H2,5-9H3. The quantitative estimate of drug-likeness (QED) is 0.244. The fourth-order valence-corrected chi connectivity index (χ4v) is 21.8. The molecule has 0 radical (unpaired) electrons. The number of esters is 1. The molecule has 27 heavy (non-hydrogen) atoms. The molecule has 2 atom stereocenters. The van der Waals surface area contributed by atoms with Crippen molar-refractivity contribution in [1.82, 2.24) is 0 Å². The fourth-order valence-electron chi connectivity index (χ4n) is 2.78. The van der Waals surface area contributed by atoms with E-state index >= 15 is 0 Å². The fraction of sp³-hybridized carbons (Fsp3) is 0.471. The van der Waals surface area contributed by atoms with Crippen molar-refractivity contribution in [3.63, 3.8) is 0 Å². The minimum absolute atomic E-state index is 0.278. The first-order valence-corrected chi connectivity index (χ1v) is 18.6. The van der Waals surface area contributed by atoms with Gasteiger partial charge in [-0.1, -0.05) is 23.7 Å². The smallest absolute Gasteiger partial charge is 0.344 e. The molecule has 0 aromatic rings. The van der Waals surface area contributed by atoms with Gasteiger partial charge in [0.25, 0.3) is 0 Å². The van der Waals surface area contributed by atoms with E-state index in [1.165, 1.54) is 0 Å². The van der Waals surface area contributed by atoms with E-state index in [4.69, 9.17) is 21.2 Å². The maximum atomic E-state index is 11.5. The zero-order chi connectivity index (χ0) is 20.9. The van der Waals surface area contributed by atoms with Crippen LogP contribution in [0.15, 0.2) is 49.0 Å². The summed E-state index contributed by atoms with van der Waals surface area (Å²) in [5.41, 5.74) is 5.62. The van der Waals surface area contributed by atoms with Gasteiger partial charge in [0.15, 0.2) is 0 Å². The Hall–Kier alpha value is -0.862. The minimum Gasteiger partial charge on any atom is -0.462 e. The van der Waals surface area contributed by atoms with Crippen LogP contribution in [0.4, 0.5) is 0 Å². The molecule has 0 N–H and O–H groups in total. The van der Waals surface area contributed by atoms with E-state index in [0.717, 1.165) is 0 Å². The van der Waals surface area contributed by atoms with Crippen molar-refractivity contribution in [3.05, 3.63) is 49.0 Å². The van der Waals surface area contributed by atoms with Crippen LogP contribution in [0.1, 0.15) is 13.3 Å². The molecule has 6 nitrogen and oxygen atoms in total. The Bertz CT molecular complexity index is 599. The molecule has 152 valence electrons. The Morgan fingerprint density at radius 3 is 1.67 bits per heavy atom. The predicted molar refractivity (Wildman–Crippen MR) is 117 cm³/mol. The van der Waals surface area contributed by atoms with E-state index in [-0.39, 0.29) is 6.61 Å². The maximum Gasteiger partial charge on any atom is 0.344 e. The lowest BCUT2D eigenvalue weighted by Crippen LogP contribution is -2.66. The van der Waals surface area contributed by atoms with E-state index in [0.29, 0.717) is 18.0 Å². The van der Waals surface area contributed by atoms with Gasteiger partial charge in [0.2, 0.25) is 0 Å². The molecule has 1 aliphatic rings. The number of carbonyl (C=O) groups excluding carboxylic acids is 1. The van der Waals surface area contributed by atoms with Crippen molar-refractivity contribution < 1.29 is 26.0 Å². The molecule has 1 rings (SSSR count). The third-order valence-electron chi connectivity index (χ3n) is 4.12. The van der Waals surface area contributed by atoms with Gasteiger partial charge >= 0.3 is 40.2 Å². The highest BCUT2D eigenvalue weighted by Gasteiger charge is 2.54. The molecule has 1 aliphatic heterocycles. The summed E-state index contributed by atoms with van der Waals surface area (Å²) >= 11 is 0. The average molecular weight is 445 g/mol. The molecule has 0 aromatic heterocycles. The molecule has 2 unspecified atom stereocenters. The van der Waals surface area contributed by atoms with Gasteiger partial charge in [0.1, 0.15) is 0 Å². The zero-order valence-corrected chi connectivity index (χ0v) is 21.1. The number of carbonyl (C=O) groups is 1. The summed E-state index contributed by atoms with van der Waals surface area (Å²) in [6.07, 6.45) is 0.612. The molecule has 1 saturated heterocycles. The lowest BCUT2D eigenvalue weighted by atomic mass is 10.4. The van der Waals surface area contributed by atoms with Gasteiger partial charge in [0, 0.05) is 5.57 Å². The number of rotatable bonds is 8. The van der Waals surface area contributed by atoms with E-state index in [9.17, 15) is 4.79 Å². The Labute approximate surface area is 167 Å². The number of hydrogen-bond donors (Lipinski definition) is 0. The van der Waals surface area contributed by atoms with Crippen LogP contribution < -0.4 is 0 Å². The summed E-state index contributed by atoms with van der Waals surface area (Å²) in [5.74, 6) is -0.392. The predicted octanol–water partition coefficient (Wildman–Crippen LogP) is 4.04. The van der Waals surface area contributed by atoms with E-state index in [1.54, 1.807) is 24.0 Å². The second kappa shape index (κ2) is 9.09. The molecule has 0 spiro atoms. The molecule has 0 aromatic carbocycles. The maximum absolute atomic E-state index is 11.5. The molecule has 10 heteroatoms. The van der Waals surface area contributed by atoms with E-state index in [1.807, 2.05) is 26.2 Å². The third kappa shape index (κ3) is 6.91. The first kappa shape index (κ1) is 24.2. The molecule has 0 amide bonds. The SMILES string of the molecule is C=C[Si]1(C)O[Si](C)(C=C)O[Si](C)(CCCOC(=O)C(=C)C)O[Si](C)(C=C)O1. The Morgan fingerprint density at radius 1 is 0.889 bits per heavy atom. The van der Waals surface area contributed by atoms with Crippen LogP contribution in [0.5, 0.6) is 0 Å². The van der Waals surface area contributed by atoms with Crippen molar-refractivity contribution in [2.45, 2.75) is 45.6 Å². The molecule has 0 saturated carbocycles. The molecule has 0 bridgehead atoms. The topological polar surface area (TPSA) is 63.2 Å². The Morgan fingerprint density at radius 2 is 1.30 bits per heavy atom. The largest absolute Gasteiger partial charge is 0.462 e. The summed E-state index contributed by atoms with van der Waals surface area (Å²) in [6.45, 7) is 25.0. The van der Waals surface area contributed by atoms with Gasteiger partial charge in [0.05, 0.1) is 6.61 Å². The van der Waals surface area contributed by atoms with Crippen molar-refractivity contribution in [3.8, 4) is 0 Å². The second-order valence-electron chi connectivity index (χ2n) is 7.22. The van der Waals surface area contributed by atoms with Crippen LogP contribution >= 0.6 is 0 Å². The van der Waals surface area contributed by atoms with Crippen LogP contribution in [0.2, 0.25) is 32.2 Å². The van der Waals surface area contributed by atoms with Gasteiger partial charge in [-0.25, -0.2) is 4.79 Å². The van der Waals surface area contributed by atoms with Gasteiger partial charge in [-0.3, -0.25) is 0 Å². The third-order valence-corrected chi connectivity index (χ3v) is 20.8. The summed E-state index contributed by atoms with van der Waals surface area (Å²) in [5, 5.41) is 0. The number of ether oxygens (including phenoxy) is 1. The van der Waals surface area contributed by atoms with Gasteiger partial charge in [-0.2, -0.15) is 0 Å². The average Bonchev–Trinajstić information content (AvgIpc) is 2.56. The van der Waals surface area contributed by atoms with E-state index in [2.05, 4.69) is 26.3 Å². The number of hydrogen-bond acceptors (Lipinski definition) is 6. The highest BCUT2D eigenvalue weighted by Crippen LogP contribution is 2.34. The first-order valence-electron chi connectivity index (χ1n) is 8.88. The Kier molecular flexibility index (Phi) is 8.14. The van der Waals surface area contributed by atoms with Crippen LogP contribution in [-0.4, -0.2) is 46.8 Å². The zero-order valence-electron chi connectivity index (χ0n) is 17.1. The highest BCUT2D eigenvalue weighted by molar-refractivity contribution is 6.97. The van der Waals surface area contributed by atoms with Crippen LogP contribution in [0, 0.1) is 0 Å². The van der Waals surface area contributed by atoms with E-state index < -0.39 is 40.2 Å². The Balaban J connectivity index is 3.01. The highest BCUT2D eigenvalue weighted by atomic mass is 28.5. The second-order valence-corrected chi connectivity index (χ2v) is 20.6. The normalized spacial score (nSPS) is 36.8.